The minimum atomic E-state index is -0.962. The number of Topliss-reactive ketones (excluding diaryl/α,β-unsaturated/α-hetero) is 1. The number of nitrogens with one attached hydrogen (secondary N) is 2. The van der Waals surface area contributed by atoms with Gasteiger partial charge in [0.1, 0.15) is 0 Å². The molecule has 1 aromatic heterocycles. The molecule has 1 atom stereocenters. The molecule has 1 heterocycles. The van der Waals surface area contributed by atoms with Gasteiger partial charge in [-0.2, -0.15) is 0 Å². The fraction of sp³-hybridized carbons (Fsp3) is 0.200. The van der Waals surface area contributed by atoms with E-state index in [9.17, 15) is 14.4 Å². The predicted molar refractivity (Wildman–Crippen MR) is 122 cm³/mol. The normalized spacial score (nSPS) is 17.3. The summed E-state index contributed by atoms with van der Waals surface area (Å²) in [6, 6.07) is 17.9. The molecule has 0 saturated heterocycles. The first kappa shape index (κ1) is 21.2. The van der Waals surface area contributed by atoms with Crippen molar-refractivity contribution in [2.24, 2.45) is 5.41 Å². The zero-order valence-corrected chi connectivity index (χ0v) is 17.6. The zero-order chi connectivity index (χ0) is 22.7. The maximum Gasteiger partial charge on any atom is 0.323 e. The number of benzene rings is 2. The molecule has 1 aliphatic carbocycles. The summed E-state index contributed by atoms with van der Waals surface area (Å²) in [5.74, 6) is -1.08. The van der Waals surface area contributed by atoms with Crippen molar-refractivity contribution in [3.8, 4) is 11.3 Å². The first-order chi connectivity index (χ1) is 15.3. The number of ketones is 1. The number of carboxylic acid groups (broad SMARTS) is 1. The summed E-state index contributed by atoms with van der Waals surface area (Å²) in [6.45, 7) is 1.72. The third-order valence-corrected chi connectivity index (χ3v) is 5.73. The number of nitrogens with zero attached hydrogens (tertiary/aromatic N) is 1. The number of aryl methyl sites for hydroxylation is 1. The van der Waals surface area contributed by atoms with Crippen molar-refractivity contribution in [2.75, 3.05) is 10.6 Å². The van der Waals surface area contributed by atoms with E-state index in [0.717, 1.165) is 11.1 Å². The Morgan fingerprint density at radius 2 is 1.78 bits per heavy atom. The second-order valence-electron chi connectivity index (χ2n) is 8.21. The molecule has 3 aromatic rings. The van der Waals surface area contributed by atoms with Gasteiger partial charge in [-0.05, 0) is 48.7 Å². The van der Waals surface area contributed by atoms with E-state index < -0.39 is 11.4 Å². The van der Waals surface area contributed by atoms with Crippen molar-refractivity contribution < 1.29 is 19.5 Å². The van der Waals surface area contributed by atoms with Crippen molar-refractivity contribution >= 4 is 29.2 Å². The fourth-order valence-electron chi connectivity index (χ4n) is 3.99. The summed E-state index contributed by atoms with van der Waals surface area (Å²) in [6.07, 6.45) is 2.55. The highest BCUT2D eigenvalue weighted by molar-refractivity contribution is 6.04. The number of hydrogen-bond donors (Lipinski definition) is 3. The molecule has 0 spiro atoms. The molecule has 3 N–H and O–H groups in total. The van der Waals surface area contributed by atoms with E-state index >= 15 is 0 Å². The Morgan fingerprint density at radius 1 is 1.03 bits per heavy atom. The molecule has 0 bridgehead atoms. The summed E-state index contributed by atoms with van der Waals surface area (Å²) in [7, 11) is 0. The highest BCUT2D eigenvalue weighted by Gasteiger charge is 2.40. The van der Waals surface area contributed by atoms with E-state index in [1.807, 2.05) is 30.3 Å². The van der Waals surface area contributed by atoms with Crippen LogP contribution in [0.1, 0.15) is 35.7 Å². The lowest BCUT2D eigenvalue weighted by Gasteiger charge is -2.32. The Labute approximate surface area is 185 Å². The summed E-state index contributed by atoms with van der Waals surface area (Å²) < 4.78 is 0. The van der Waals surface area contributed by atoms with Crippen molar-refractivity contribution in [1.82, 2.24) is 4.98 Å². The number of hydrogen-bond acceptors (Lipinski definition) is 4. The smallest absolute Gasteiger partial charge is 0.323 e. The number of aliphatic carboxylic acids is 1. The molecule has 32 heavy (non-hydrogen) atoms. The van der Waals surface area contributed by atoms with Gasteiger partial charge in [0.05, 0.1) is 24.0 Å². The third-order valence-electron chi connectivity index (χ3n) is 5.73. The highest BCUT2D eigenvalue weighted by Crippen LogP contribution is 2.39. The maximum atomic E-state index is 12.9. The zero-order valence-electron chi connectivity index (χ0n) is 17.6. The third kappa shape index (κ3) is 4.51. The Balaban J connectivity index is 1.46. The van der Waals surface area contributed by atoms with Gasteiger partial charge in [-0.1, -0.05) is 37.3 Å². The first-order valence-corrected chi connectivity index (χ1v) is 10.3. The average Bonchev–Trinajstić information content (AvgIpc) is 2.77. The van der Waals surface area contributed by atoms with Crippen LogP contribution in [0.15, 0.2) is 66.9 Å². The van der Waals surface area contributed by atoms with E-state index in [4.69, 9.17) is 5.11 Å². The van der Waals surface area contributed by atoms with E-state index in [2.05, 4.69) is 15.6 Å². The summed E-state index contributed by atoms with van der Waals surface area (Å²) in [5, 5.41) is 14.6. The predicted octanol–water partition coefficient (Wildman–Crippen LogP) is 5.00. The first-order valence-electron chi connectivity index (χ1n) is 10.3. The molecule has 0 saturated carbocycles. The van der Waals surface area contributed by atoms with Crippen molar-refractivity contribution in [3.05, 3.63) is 78.0 Å². The molecule has 7 heteroatoms. The molecule has 2 amide bonds. The van der Waals surface area contributed by atoms with Crippen molar-refractivity contribution in [2.45, 2.75) is 26.2 Å². The number of aromatic nitrogens is 1. The molecule has 1 unspecified atom stereocenters. The number of rotatable bonds is 5. The second kappa shape index (κ2) is 8.63. The van der Waals surface area contributed by atoms with Crippen LogP contribution in [0.3, 0.4) is 0 Å². The number of para-hydroxylation sites is 1. The standard InChI is InChI=1S/C25H23N3O4/c1-25(14-22(29)30)12-11-16-13-17(7-9-20(16)23(25)31)21-10-8-19(15-26-21)28-24(32)27-18-5-3-2-4-6-18/h2-10,13,15H,11-12,14H2,1H3,(H,29,30)(H2,27,28,32). The van der Waals surface area contributed by atoms with Gasteiger partial charge in [0.2, 0.25) is 0 Å². The molecular weight excluding hydrogens is 406 g/mol. The maximum absolute atomic E-state index is 12.9. The van der Waals surface area contributed by atoms with Crippen LogP contribution in [0.25, 0.3) is 11.3 Å². The average molecular weight is 429 g/mol. The Hall–Kier alpha value is -4.00. The van der Waals surface area contributed by atoms with Gasteiger partial charge in [-0.3, -0.25) is 14.6 Å². The Kier molecular flexibility index (Phi) is 5.73. The van der Waals surface area contributed by atoms with Crippen LogP contribution < -0.4 is 10.6 Å². The number of pyridine rings is 1. The lowest BCUT2D eigenvalue weighted by molar-refractivity contribution is -0.139. The fourth-order valence-corrected chi connectivity index (χ4v) is 3.99. The molecule has 0 radical (unpaired) electrons. The molecule has 1 aliphatic rings. The van der Waals surface area contributed by atoms with Crippen molar-refractivity contribution in [3.63, 3.8) is 0 Å². The number of carboxylic acids is 1. The summed E-state index contributed by atoms with van der Waals surface area (Å²) in [4.78, 5) is 40.6. The lowest BCUT2D eigenvalue weighted by Crippen LogP contribution is -2.35. The van der Waals surface area contributed by atoms with Gasteiger partial charge in [0.15, 0.2) is 5.78 Å². The molecule has 2 aromatic carbocycles. The molecule has 7 nitrogen and oxygen atoms in total. The molecule has 162 valence electrons. The van der Waals surface area contributed by atoms with Gasteiger partial charge in [-0.15, -0.1) is 0 Å². The minimum absolute atomic E-state index is 0.121. The molecule has 0 aliphatic heterocycles. The molecule has 0 fully saturated rings. The van der Waals surface area contributed by atoms with Crippen LogP contribution >= 0.6 is 0 Å². The topological polar surface area (TPSA) is 108 Å². The number of carbonyl (C=O) groups excluding carboxylic acids is 2. The quantitative estimate of drug-likeness (QED) is 0.529. The van der Waals surface area contributed by atoms with E-state index in [0.29, 0.717) is 35.5 Å². The van der Waals surface area contributed by atoms with Crippen LogP contribution in [-0.4, -0.2) is 27.9 Å². The highest BCUT2D eigenvalue weighted by atomic mass is 16.4. The number of carbonyl (C=O) groups is 3. The minimum Gasteiger partial charge on any atom is -0.481 e. The SMILES string of the molecule is CC1(CC(=O)O)CCc2cc(-c3ccc(NC(=O)Nc4ccccc4)cn3)ccc2C1=O. The number of urea groups is 1. The van der Waals surface area contributed by atoms with E-state index in [-0.39, 0.29) is 18.2 Å². The van der Waals surface area contributed by atoms with Crippen LogP contribution in [-0.2, 0) is 11.2 Å². The van der Waals surface area contributed by atoms with Gasteiger partial charge in [0.25, 0.3) is 0 Å². The second-order valence-corrected chi connectivity index (χ2v) is 8.21. The Bertz CT molecular complexity index is 1180. The van der Waals surface area contributed by atoms with Crippen LogP contribution in [0.5, 0.6) is 0 Å². The lowest BCUT2D eigenvalue weighted by atomic mass is 9.69. The van der Waals surface area contributed by atoms with Crippen molar-refractivity contribution in [1.29, 1.82) is 0 Å². The van der Waals surface area contributed by atoms with Crippen LogP contribution in [0.4, 0.5) is 16.2 Å². The summed E-state index contributed by atoms with van der Waals surface area (Å²) in [5.41, 5.74) is 3.44. The largest absolute Gasteiger partial charge is 0.481 e. The van der Waals surface area contributed by atoms with Gasteiger partial charge >= 0.3 is 12.0 Å². The summed E-state index contributed by atoms with van der Waals surface area (Å²) >= 11 is 0. The monoisotopic (exact) mass is 429 g/mol. The van der Waals surface area contributed by atoms with Crippen LogP contribution in [0.2, 0.25) is 0 Å². The Morgan fingerprint density at radius 3 is 2.47 bits per heavy atom. The number of anilines is 2. The van der Waals surface area contributed by atoms with E-state index in [1.165, 1.54) is 0 Å². The molecular formula is C25H23N3O4. The molecule has 4 rings (SSSR count). The van der Waals surface area contributed by atoms with E-state index in [1.54, 1.807) is 43.5 Å². The van der Waals surface area contributed by atoms with Crippen LogP contribution in [0, 0.1) is 5.41 Å². The van der Waals surface area contributed by atoms with Gasteiger partial charge in [0, 0.05) is 22.2 Å². The van der Waals surface area contributed by atoms with Gasteiger partial charge < -0.3 is 15.7 Å². The van der Waals surface area contributed by atoms with Gasteiger partial charge in [-0.25, -0.2) is 4.79 Å². The number of fused-ring (bicyclic) bond motifs is 1. The number of amides is 2.